The summed E-state index contributed by atoms with van der Waals surface area (Å²) in [6.45, 7) is 5.63. The maximum Gasteiger partial charge on any atom is 0.226 e. The molecule has 5 unspecified atom stereocenters. The monoisotopic (exact) mass is 348 g/mol. The van der Waals surface area contributed by atoms with Gasteiger partial charge in [-0.25, -0.2) is 0 Å². The highest BCUT2D eigenvalue weighted by Crippen LogP contribution is 2.59. The molecule has 4 aliphatic rings. The Kier molecular flexibility index (Phi) is 3.45. The fourth-order valence-corrected chi connectivity index (χ4v) is 4.92. The lowest BCUT2D eigenvalue weighted by Gasteiger charge is -2.40. The average Bonchev–Trinajstić information content (AvgIpc) is 2.95. The molecule has 1 N–H and O–H groups in total. The van der Waals surface area contributed by atoms with Crippen LogP contribution in [0.4, 0.5) is 0 Å². The third-order valence-electron chi connectivity index (χ3n) is 6.03. The van der Waals surface area contributed by atoms with Crippen LogP contribution in [0.25, 0.3) is 0 Å². The lowest BCUT2D eigenvalue weighted by Crippen LogP contribution is -2.55. The number of ether oxygens (including phenoxy) is 2. The highest BCUT2D eigenvalue weighted by Gasteiger charge is 2.75. The van der Waals surface area contributed by atoms with Gasteiger partial charge in [0, 0.05) is 30.8 Å². The number of piperazine rings is 1. The summed E-state index contributed by atoms with van der Waals surface area (Å²) in [6, 6.07) is 0.346. The van der Waals surface area contributed by atoms with Crippen LogP contribution in [-0.4, -0.2) is 77.7 Å². The van der Waals surface area contributed by atoms with E-state index in [1.54, 1.807) is 14.0 Å². The average molecular weight is 348 g/mol. The molecule has 7 heteroatoms. The van der Waals surface area contributed by atoms with Gasteiger partial charge in [0.25, 0.3) is 0 Å². The number of hydrogen-bond donors (Lipinski definition) is 1. The van der Waals surface area contributed by atoms with Crippen LogP contribution in [-0.2, 0) is 19.1 Å². The van der Waals surface area contributed by atoms with Crippen LogP contribution in [0.5, 0.6) is 0 Å². The molecule has 1 aliphatic carbocycles. The van der Waals surface area contributed by atoms with Crippen molar-refractivity contribution in [1.29, 1.82) is 0 Å². The molecule has 2 saturated heterocycles. The van der Waals surface area contributed by atoms with E-state index in [1.165, 1.54) is 0 Å². The molecule has 3 heterocycles. The first-order valence-electron chi connectivity index (χ1n) is 8.67. The Morgan fingerprint density at radius 2 is 2.00 bits per heavy atom. The molecule has 0 amide bonds. The number of carbonyl (C=O) groups excluding carboxylic acids is 2. The van der Waals surface area contributed by atoms with E-state index < -0.39 is 11.6 Å². The van der Waals surface area contributed by atoms with Crippen molar-refractivity contribution in [2.24, 2.45) is 5.92 Å². The number of allylic oxidation sites excluding steroid dienone is 2. The fraction of sp³-hybridized carbons (Fsp3) is 0.667. The van der Waals surface area contributed by atoms with Gasteiger partial charge in [0.05, 0.1) is 30.4 Å². The molecule has 0 radical (unpaired) electrons. The van der Waals surface area contributed by atoms with Crippen LogP contribution in [0.1, 0.15) is 20.8 Å². The number of hydrogen-bond acceptors (Lipinski definition) is 7. The molecule has 4 rings (SSSR count). The molecular weight excluding hydrogens is 324 g/mol. The normalized spacial score (nSPS) is 39.2. The van der Waals surface area contributed by atoms with Gasteiger partial charge in [-0.1, -0.05) is 0 Å². The van der Waals surface area contributed by atoms with Crippen LogP contribution < -0.4 is 0 Å². The Labute approximate surface area is 146 Å². The van der Waals surface area contributed by atoms with E-state index in [4.69, 9.17) is 9.47 Å². The quantitative estimate of drug-likeness (QED) is 0.568. The zero-order chi connectivity index (χ0) is 18.3. The number of ketones is 2. The predicted molar refractivity (Wildman–Crippen MR) is 88.3 cm³/mol. The van der Waals surface area contributed by atoms with E-state index in [1.807, 2.05) is 25.8 Å². The van der Waals surface area contributed by atoms with Crippen molar-refractivity contribution >= 4 is 11.6 Å². The number of Topliss-reactive ketones (excluding diaryl/α,β-unsaturated/α-hetero) is 2. The Morgan fingerprint density at radius 1 is 1.32 bits per heavy atom. The van der Waals surface area contributed by atoms with Gasteiger partial charge in [-0.05, 0) is 27.8 Å². The second-order valence-corrected chi connectivity index (χ2v) is 7.52. The second-order valence-electron chi connectivity index (χ2n) is 7.52. The molecule has 136 valence electrons. The topological polar surface area (TPSA) is 79.1 Å². The number of aliphatic hydroxyl groups is 1. The van der Waals surface area contributed by atoms with Crippen LogP contribution in [0.3, 0.4) is 0 Å². The van der Waals surface area contributed by atoms with E-state index in [0.29, 0.717) is 23.4 Å². The van der Waals surface area contributed by atoms with Crippen LogP contribution in [0.2, 0.25) is 0 Å². The smallest absolute Gasteiger partial charge is 0.226 e. The first-order valence-corrected chi connectivity index (χ1v) is 8.67. The number of rotatable bonds is 4. The van der Waals surface area contributed by atoms with Crippen LogP contribution in [0.15, 0.2) is 22.6 Å². The van der Waals surface area contributed by atoms with Crippen molar-refractivity contribution in [3.05, 3.63) is 22.6 Å². The van der Waals surface area contributed by atoms with Crippen molar-refractivity contribution in [2.45, 2.75) is 44.7 Å². The van der Waals surface area contributed by atoms with E-state index in [0.717, 1.165) is 0 Å². The van der Waals surface area contributed by atoms with Gasteiger partial charge in [-0.2, -0.15) is 0 Å². The zero-order valence-electron chi connectivity index (χ0n) is 15.2. The van der Waals surface area contributed by atoms with Gasteiger partial charge in [-0.15, -0.1) is 0 Å². The predicted octanol–water partition coefficient (Wildman–Crippen LogP) is 0.0543. The number of carbonyl (C=O) groups is 2. The van der Waals surface area contributed by atoms with Crippen molar-refractivity contribution in [3.63, 3.8) is 0 Å². The van der Waals surface area contributed by atoms with Crippen LogP contribution in [0, 0.1) is 5.92 Å². The molecule has 0 saturated carbocycles. The molecule has 0 aromatic heterocycles. The molecular formula is C18H24N2O5. The maximum absolute atomic E-state index is 13.2. The Bertz CT molecular complexity index is 740. The Hall–Kier alpha value is -1.70. The minimum atomic E-state index is -0.863. The third kappa shape index (κ3) is 1.81. The minimum absolute atomic E-state index is 0.0654. The summed E-state index contributed by atoms with van der Waals surface area (Å²) in [4.78, 5) is 30.3. The lowest BCUT2D eigenvalue weighted by atomic mass is 9.83. The lowest BCUT2D eigenvalue weighted by molar-refractivity contribution is -0.144. The standard InChI is InChI=1S/C18H24N2O5/c1-8(2)25-16-9(3)14(22)13-12(15(16)23)10(7-21)18(24-5)17-11(19(17)4)6-20(13)18/h8,10-11,17,21H,6-7H2,1-5H3. The summed E-state index contributed by atoms with van der Waals surface area (Å²) >= 11 is 0. The van der Waals surface area contributed by atoms with E-state index in [2.05, 4.69) is 4.90 Å². The SMILES string of the molecule is COC12C(CO)C3=C(C(=O)C(C)=C(OC(C)C)C3=O)N1CC1C2N1C. The summed E-state index contributed by atoms with van der Waals surface area (Å²) in [7, 11) is 3.59. The van der Waals surface area contributed by atoms with Gasteiger partial charge >= 0.3 is 0 Å². The first kappa shape index (κ1) is 16.8. The van der Waals surface area contributed by atoms with Gasteiger partial charge in [0.1, 0.15) is 0 Å². The molecule has 7 nitrogen and oxygen atoms in total. The molecule has 5 atom stereocenters. The van der Waals surface area contributed by atoms with Gasteiger partial charge in [-0.3, -0.25) is 14.5 Å². The number of methoxy groups -OCH3 is 1. The highest BCUT2D eigenvalue weighted by atomic mass is 16.5. The molecule has 3 aliphatic heterocycles. The number of aliphatic hydroxyl groups excluding tert-OH is 1. The molecule has 2 fully saturated rings. The minimum Gasteiger partial charge on any atom is -0.486 e. The highest BCUT2D eigenvalue weighted by molar-refractivity contribution is 6.25. The summed E-state index contributed by atoms with van der Waals surface area (Å²) in [5.41, 5.74) is 0.196. The molecule has 0 bridgehead atoms. The number of nitrogens with zero attached hydrogens (tertiary/aromatic N) is 2. The number of fused-ring (bicyclic) bond motifs is 4. The van der Waals surface area contributed by atoms with Crippen molar-refractivity contribution in [2.75, 3.05) is 27.3 Å². The summed E-state index contributed by atoms with van der Waals surface area (Å²) < 4.78 is 11.6. The maximum atomic E-state index is 13.2. The van der Waals surface area contributed by atoms with E-state index in [-0.39, 0.29) is 42.1 Å². The van der Waals surface area contributed by atoms with Crippen LogP contribution >= 0.6 is 0 Å². The van der Waals surface area contributed by atoms with E-state index in [9.17, 15) is 14.7 Å². The second kappa shape index (κ2) is 5.16. The third-order valence-corrected chi connectivity index (χ3v) is 6.03. The van der Waals surface area contributed by atoms with E-state index >= 15 is 0 Å². The zero-order valence-corrected chi connectivity index (χ0v) is 15.2. The van der Waals surface area contributed by atoms with Crippen molar-refractivity contribution in [1.82, 2.24) is 9.80 Å². The molecule has 0 aromatic carbocycles. The molecule has 0 aromatic rings. The Morgan fingerprint density at radius 3 is 2.56 bits per heavy atom. The Balaban J connectivity index is 1.83. The van der Waals surface area contributed by atoms with Gasteiger partial charge < -0.3 is 19.5 Å². The molecule has 25 heavy (non-hydrogen) atoms. The first-order chi connectivity index (χ1) is 11.8. The largest absolute Gasteiger partial charge is 0.486 e. The van der Waals surface area contributed by atoms with Gasteiger partial charge in [0.15, 0.2) is 11.5 Å². The summed E-state index contributed by atoms with van der Waals surface area (Å²) in [5, 5.41) is 10.1. The summed E-state index contributed by atoms with van der Waals surface area (Å²) in [6.07, 6.45) is -0.215. The summed E-state index contributed by atoms with van der Waals surface area (Å²) in [5.74, 6) is -0.967. The van der Waals surface area contributed by atoms with Gasteiger partial charge in [0.2, 0.25) is 11.6 Å². The molecule has 0 spiro atoms. The van der Waals surface area contributed by atoms with Crippen molar-refractivity contribution < 1.29 is 24.2 Å². The fourth-order valence-electron chi connectivity index (χ4n) is 4.92. The van der Waals surface area contributed by atoms with Crippen molar-refractivity contribution in [3.8, 4) is 0 Å². The number of likely N-dealkylation sites (N-methyl/N-ethyl adjacent to an activating group) is 1.